The van der Waals surface area contributed by atoms with Crippen molar-refractivity contribution >= 4 is 18.1 Å². The van der Waals surface area contributed by atoms with Crippen LogP contribution < -0.4 is 9.47 Å². The molecule has 3 aliphatic rings. The first-order valence-electron chi connectivity index (χ1n) is 20.0. The molecule has 0 radical (unpaired) electrons. The second kappa shape index (κ2) is 19.1. The molecule has 11 heteroatoms. The van der Waals surface area contributed by atoms with Gasteiger partial charge in [-0.2, -0.15) is 0 Å². The van der Waals surface area contributed by atoms with Crippen LogP contribution in [0.5, 0.6) is 17.2 Å². The molecule has 300 valence electrons. The molecule has 0 saturated heterocycles. The Hall–Kier alpha value is -4.19. The van der Waals surface area contributed by atoms with Crippen molar-refractivity contribution in [2.24, 2.45) is 22.9 Å². The molecule has 11 nitrogen and oxygen atoms in total. The van der Waals surface area contributed by atoms with E-state index in [2.05, 4.69) is 12.7 Å². The molecule has 1 saturated carbocycles. The Morgan fingerprint density at radius 2 is 1.80 bits per heavy atom. The van der Waals surface area contributed by atoms with E-state index in [9.17, 15) is 19.8 Å². The van der Waals surface area contributed by atoms with Gasteiger partial charge in [-0.05, 0) is 108 Å². The van der Waals surface area contributed by atoms with E-state index in [1.807, 2.05) is 52.0 Å². The number of fused-ring (bicyclic) bond motifs is 2. The number of oxime groups is 1. The van der Waals surface area contributed by atoms with Crippen LogP contribution >= 0.6 is 0 Å². The molecule has 2 aromatic carbocycles. The number of ether oxygens (including phenoxy) is 4. The van der Waals surface area contributed by atoms with Gasteiger partial charge < -0.3 is 34.0 Å². The van der Waals surface area contributed by atoms with E-state index in [-0.39, 0.29) is 44.2 Å². The Morgan fingerprint density at radius 1 is 1.05 bits per heavy atom. The standard InChI is InChI=1S/C44H60N2O9/c1-7-21-46(42(50)51-9-3)39-28-37(45-55-43(4,5)6)35-26-31(16-10-12-22-47)34(18-11-13-23-48)40-36-27-33(53-32-17-14-15-30(25-32)29-49)19-20-38(36)54-44(39,41(35)40)52-24-8-2/h8,14-15,17,19-20,25-27,29,31,34,39-41,47-48H,2,7,9-13,16,18,21-24,28H2,1,3-6H3. The van der Waals surface area contributed by atoms with Crippen molar-refractivity contribution in [2.45, 2.75) is 109 Å². The number of aliphatic hydroxyl groups is 2. The zero-order valence-electron chi connectivity index (χ0n) is 33.2. The highest BCUT2D eigenvalue weighted by Gasteiger charge is 2.65. The fourth-order valence-electron chi connectivity index (χ4n) is 8.51. The SMILES string of the molecule is C=CCOC12Oc3ccc(Oc4cccc(C=O)c4)cc3C3C(CCCCO)C(CCCCO)C=C(C(=NOC(C)(C)C)CC1N(CCC)C(=O)OCC)C32. The number of hydrogen-bond donors (Lipinski definition) is 2. The lowest BCUT2D eigenvalue weighted by Crippen LogP contribution is -2.70. The molecule has 0 bridgehead atoms. The maximum Gasteiger partial charge on any atom is 0.410 e. The van der Waals surface area contributed by atoms with Crippen molar-refractivity contribution in [1.82, 2.24) is 4.90 Å². The lowest BCUT2D eigenvalue weighted by atomic mass is 9.55. The summed E-state index contributed by atoms with van der Waals surface area (Å²) in [7, 11) is 0. The normalized spacial score (nSPS) is 24.8. The van der Waals surface area contributed by atoms with Gasteiger partial charge in [0.15, 0.2) is 0 Å². The third kappa shape index (κ3) is 9.62. The minimum atomic E-state index is -1.37. The number of allylic oxidation sites excluding steroid dienone is 1. The lowest BCUT2D eigenvalue weighted by molar-refractivity contribution is -0.255. The maximum atomic E-state index is 13.9. The number of nitrogens with zero attached hydrogens (tertiary/aromatic N) is 2. The molecule has 0 aromatic heterocycles. The van der Waals surface area contributed by atoms with Crippen molar-refractivity contribution in [2.75, 3.05) is 33.0 Å². The average molecular weight is 761 g/mol. The summed E-state index contributed by atoms with van der Waals surface area (Å²) in [5.74, 6) is -0.124. The maximum absolute atomic E-state index is 13.9. The summed E-state index contributed by atoms with van der Waals surface area (Å²) in [6.45, 7) is 14.7. The highest BCUT2D eigenvalue weighted by atomic mass is 16.7. The number of carbonyl (C=O) groups excluding carboxylic acids is 2. The zero-order chi connectivity index (χ0) is 39.6. The largest absolute Gasteiger partial charge is 0.459 e. The molecule has 6 atom stereocenters. The number of rotatable bonds is 19. The van der Waals surface area contributed by atoms with Crippen LogP contribution in [-0.2, 0) is 14.3 Å². The van der Waals surface area contributed by atoms with Gasteiger partial charge in [0, 0.05) is 43.2 Å². The van der Waals surface area contributed by atoms with Gasteiger partial charge >= 0.3 is 6.09 Å². The van der Waals surface area contributed by atoms with Gasteiger partial charge in [0.2, 0.25) is 5.79 Å². The fourth-order valence-corrected chi connectivity index (χ4v) is 8.51. The predicted octanol–water partition coefficient (Wildman–Crippen LogP) is 8.59. The van der Waals surface area contributed by atoms with Crippen LogP contribution in [-0.4, -0.2) is 83.6 Å². The molecule has 2 aliphatic carbocycles. The summed E-state index contributed by atoms with van der Waals surface area (Å²) in [5, 5.41) is 24.6. The number of carbonyl (C=O) groups is 2. The van der Waals surface area contributed by atoms with Gasteiger partial charge in [0.05, 0.1) is 24.8 Å². The van der Waals surface area contributed by atoms with Crippen LogP contribution in [0.4, 0.5) is 4.79 Å². The number of hydrogen-bond acceptors (Lipinski definition) is 10. The van der Waals surface area contributed by atoms with Crippen molar-refractivity contribution in [3.8, 4) is 17.2 Å². The Morgan fingerprint density at radius 3 is 2.47 bits per heavy atom. The van der Waals surface area contributed by atoms with E-state index < -0.39 is 29.4 Å². The van der Waals surface area contributed by atoms with Gasteiger partial charge in [-0.1, -0.05) is 49.2 Å². The van der Waals surface area contributed by atoms with Crippen LogP contribution in [0.25, 0.3) is 0 Å². The summed E-state index contributed by atoms with van der Waals surface area (Å²) in [4.78, 5) is 33.4. The molecule has 1 fully saturated rings. The van der Waals surface area contributed by atoms with Gasteiger partial charge in [-0.3, -0.25) is 9.69 Å². The second-order valence-electron chi connectivity index (χ2n) is 15.7. The summed E-state index contributed by atoms with van der Waals surface area (Å²) in [6.07, 6.45) is 9.96. The van der Waals surface area contributed by atoms with Crippen molar-refractivity contribution in [1.29, 1.82) is 0 Å². The Kier molecular flexibility index (Phi) is 14.6. The average Bonchev–Trinajstić information content (AvgIpc) is 3.16. The Balaban J connectivity index is 1.79. The molecule has 1 amide bonds. The summed E-state index contributed by atoms with van der Waals surface area (Å²) in [6, 6.07) is 12.2. The molecule has 1 aliphatic heterocycles. The summed E-state index contributed by atoms with van der Waals surface area (Å²) < 4.78 is 26.3. The van der Waals surface area contributed by atoms with Gasteiger partial charge in [-0.25, -0.2) is 4.79 Å². The quantitative estimate of drug-likeness (QED) is 0.0625. The van der Waals surface area contributed by atoms with Crippen LogP contribution in [0.1, 0.15) is 108 Å². The Labute approximate surface area is 326 Å². The highest BCUT2D eigenvalue weighted by molar-refractivity contribution is 6.03. The molecule has 55 heavy (non-hydrogen) atoms. The minimum absolute atomic E-state index is 0.0627. The fraction of sp³-hybridized carbons (Fsp3) is 0.568. The number of aldehydes is 1. The van der Waals surface area contributed by atoms with Gasteiger partial charge in [0.1, 0.15) is 35.2 Å². The van der Waals surface area contributed by atoms with Crippen molar-refractivity contribution in [3.63, 3.8) is 0 Å². The number of amides is 1. The first-order valence-corrected chi connectivity index (χ1v) is 20.0. The van der Waals surface area contributed by atoms with E-state index in [1.54, 1.807) is 36.1 Å². The first-order chi connectivity index (χ1) is 26.5. The summed E-state index contributed by atoms with van der Waals surface area (Å²) in [5.41, 5.74) is 2.55. The predicted molar refractivity (Wildman–Crippen MR) is 212 cm³/mol. The number of unbranched alkanes of at least 4 members (excludes halogenated alkanes) is 2. The second-order valence-corrected chi connectivity index (χ2v) is 15.7. The minimum Gasteiger partial charge on any atom is -0.459 e. The van der Waals surface area contributed by atoms with Crippen LogP contribution in [0.2, 0.25) is 0 Å². The van der Waals surface area contributed by atoms with E-state index in [0.717, 1.165) is 48.8 Å². The van der Waals surface area contributed by atoms with Crippen LogP contribution in [0.3, 0.4) is 0 Å². The molecule has 2 N–H and O–H groups in total. The zero-order valence-corrected chi connectivity index (χ0v) is 33.2. The molecular formula is C44H60N2O9. The van der Waals surface area contributed by atoms with E-state index in [0.29, 0.717) is 55.0 Å². The number of aliphatic hydroxyl groups excluding tert-OH is 2. The van der Waals surface area contributed by atoms with Crippen molar-refractivity contribution < 1.29 is 43.6 Å². The third-order valence-corrected chi connectivity index (χ3v) is 10.6. The molecule has 0 spiro atoms. The smallest absolute Gasteiger partial charge is 0.410 e. The van der Waals surface area contributed by atoms with Gasteiger partial charge in [0.25, 0.3) is 0 Å². The Bertz CT molecular complexity index is 1680. The summed E-state index contributed by atoms with van der Waals surface area (Å²) >= 11 is 0. The molecule has 5 rings (SSSR count). The van der Waals surface area contributed by atoms with E-state index >= 15 is 0 Å². The van der Waals surface area contributed by atoms with Crippen LogP contribution in [0.15, 0.2) is 71.9 Å². The molecular weight excluding hydrogens is 700 g/mol. The van der Waals surface area contributed by atoms with Gasteiger partial charge in [-0.15, -0.1) is 6.58 Å². The number of benzene rings is 2. The van der Waals surface area contributed by atoms with Crippen LogP contribution in [0, 0.1) is 17.8 Å². The highest BCUT2D eigenvalue weighted by Crippen LogP contribution is 2.62. The third-order valence-electron chi connectivity index (χ3n) is 10.6. The van der Waals surface area contributed by atoms with E-state index in [4.69, 9.17) is 28.9 Å². The molecule has 2 aromatic rings. The molecule has 1 heterocycles. The first kappa shape index (κ1) is 42.0. The topological polar surface area (TPSA) is 136 Å². The van der Waals surface area contributed by atoms with Crippen molar-refractivity contribution in [3.05, 3.63) is 77.9 Å². The molecule has 6 unspecified atom stereocenters. The monoisotopic (exact) mass is 760 g/mol. The lowest BCUT2D eigenvalue weighted by Gasteiger charge is -2.60. The van der Waals surface area contributed by atoms with E-state index in [1.165, 1.54) is 0 Å².